The number of imidazole rings is 1. The second-order valence-electron chi connectivity index (χ2n) is 7.10. The van der Waals surface area contributed by atoms with E-state index in [1.165, 1.54) is 11.1 Å². The summed E-state index contributed by atoms with van der Waals surface area (Å²) in [5, 5.41) is 9.49. The van der Waals surface area contributed by atoms with Gasteiger partial charge in [-0.1, -0.05) is 60.7 Å². The fourth-order valence-electron chi connectivity index (χ4n) is 4.18. The molecule has 134 valence electrons. The zero-order valence-electron chi connectivity index (χ0n) is 14.9. The Morgan fingerprint density at radius 3 is 2.23 bits per heavy atom. The van der Waals surface area contributed by atoms with E-state index in [0.29, 0.717) is 12.5 Å². The number of nitrogens with zero attached hydrogens (tertiary/aromatic N) is 2. The standard InChI is InChI=1S/C22H25N3O/c26-14-13-25(17-21-23-11-12-24-21)16-20-15-22(20,18-7-3-1-4-8-18)19-9-5-2-6-10-19/h1-12,20,26H,13-17H2,(H,23,24). The molecule has 0 aliphatic heterocycles. The van der Waals surface area contributed by atoms with Crippen LogP contribution in [0.25, 0.3) is 0 Å². The van der Waals surface area contributed by atoms with E-state index in [2.05, 4.69) is 75.5 Å². The highest BCUT2D eigenvalue weighted by Crippen LogP contribution is 2.59. The van der Waals surface area contributed by atoms with Gasteiger partial charge in [-0.05, 0) is 23.5 Å². The molecule has 1 unspecified atom stereocenters. The predicted octanol–water partition coefficient (Wildman–Crippen LogP) is 3.21. The third-order valence-corrected chi connectivity index (χ3v) is 5.51. The van der Waals surface area contributed by atoms with Crippen molar-refractivity contribution < 1.29 is 5.11 Å². The molecule has 0 saturated heterocycles. The molecule has 26 heavy (non-hydrogen) atoms. The van der Waals surface area contributed by atoms with Crippen LogP contribution in [0, 0.1) is 5.92 Å². The smallest absolute Gasteiger partial charge is 0.120 e. The summed E-state index contributed by atoms with van der Waals surface area (Å²) in [6.07, 6.45) is 4.77. The summed E-state index contributed by atoms with van der Waals surface area (Å²) in [4.78, 5) is 9.81. The molecule has 4 heteroatoms. The van der Waals surface area contributed by atoms with Crippen LogP contribution in [0.4, 0.5) is 0 Å². The van der Waals surface area contributed by atoms with Crippen molar-refractivity contribution in [2.45, 2.75) is 18.4 Å². The van der Waals surface area contributed by atoms with Crippen LogP contribution in [0.2, 0.25) is 0 Å². The second-order valence-corrected chi connectivity index (χ2v) is 7.10. The van der Waals surface area contributed by atoms with Crippen LogP contribution < -0.4 is 0 Å². The van der Waals surface area contributed by atoms with Crippen molar-refractivity contribution in [3.63, 3.8) is 0 Å². The van der Waals surface area contributed by atoms with Gasteiger partial charge in [0.1, 0.15) is 5.82 Å². The number of aliphatic hydroxyl groups is 1. The first-order valence-corrected chi connectivity index (χ1v) is 9.25. The highest BCUT2D eigenvalue weighted by molar-refractivity contribution is 5.47. The molecule has 0 bridgehead atoms. The van der Waals surface area contributed by atoms with Gasteiger partial charge in [0.15, 0.2) is 0 Å². The average Bonchev–Trinajstić information content (AvgIpc) is 3.17. The van der Waals surface area contributed by atoms with E-state index in [1.54, 1.807) is 6.20 Å². The van der Waals surface area contributed by atoms with Gasteiger partial charge in [-0.25, -0.2) is 4.98 Å². The lowest BCUT2D eigenvalue weighted by molar-refractivity contribution is 0.179. The molecule has 0 radical (unpaired) electrons. The van der Waals surface area contributed by atoms with Gasteiger partial charge in [-0.2, -0.15) is 0 Å². The van der Waals surface area contributed by atoms with E-state index < -0.39 is 0 Å². The van der Waals surface area contributed by atoms with Gasteiger partial charge < -0.3 is 10.1 Å². The fraction of sp³-hybridized carbons (Fsp3) is 0.318. The number of benzene rings is 2. The quantitative estimate of drug-likeness (QED) is 0.658. The molecular formula is C22H25N3O. The van der Waals surface area contributed by atoms with Crippen molar-refractivity contribution in [3.8, 4) is 0 Å². The third-order valence-electron chi connectivity index (χ3n) is 5.51. The van der Waals surface area contributed by atoms with Crippen molar-refractivity contribution in [1.82, 2.24) is 14.9 Å². The van der Waals surface area contributed by atoms with E-state index in [0.717, 1.165) is 25.3 Å². The fourth-order valence-corrected chi connectivity index (χ4v) is 4.18. The van der Waals surface area contributed by atoms with Crippen LogP contribution in [0.1, 0.15) is 23.4 Å². The number of aromatic nitrogens is 2. The molecule has 1 aliphatic rings. The summed E-state index contributed by atoms with van der Waals surface area (Å²) in [6, 6.07) is 21.7. The van der Waals surface area contributed by atoms with Gasteiger partial charge in [0.05, 0.1) is 13.2 Å². The monoisotopic (exact) mass is 347 g/mol. The summed E-state index contributed by atoms with van der Waals surface area (Å²) < 4.78 is 0. The Balaban J connectivity index is 1.58. The first kappa shape index (κ1) is 17.0. The van der Waals surface area contributed by atoms with Gasteiger partial charge in [0.2, 0.25) is 0 Å². The van der Waals surface area contributed by atoms with Crippen LogP contribution in [0.3, 0.4) is 0 Å². The normalized spacial score (nSPS) is 18.2. The number of aliphatic hydroxyl groups excluding tert-OH is 1. The molecule has 1 atom stereocenters. The Morgan fingerprint density at radius 1 is 1.04 bits per heavy atom. The first-order valence-electron chi connectivity index (χ1n) is 9.25. The van der Waals surface area contributed by atoms with Crippen molar-refractivity contribution in [2.75, 3.05) is 19.7 Å². The summed E-state index contributed by atoms with van der Waals surface area (Å²) in [5.74, 6) is 1.48. The molecule has 2 aromatic carbocycles. The highest BCUT2D eigenvalue weighted by atomic mass is 16.3. The topological polar surface area (TPSA) is 52.1 Å². The van der Waals surface area contributed by atoms with Gasteiger partial charge in [0, 0.05) is 30.9 Å². The maximum atomic E-state index is 9.49. The molecule has 0 amide bonds. The molecule has 1 aliphatic carbocycles. The lowest BCUT2D eigenvalue weighted by Crippen LogP contribution is -2.31. The van der Waals surface area contributed by atoms with E-state index >= 15 is 0 Å². The molecule has 4 rings (SSSR count). The Labute approximate surface area is 154 Å². The molecule has 4 nitrogen and oxygen atoms in total. The van der Waals surface area contributed by atoms with Crippen molar-refractivity contribution in [3.05, 3.63) is 90.0 Å². The molecule has 0 spiro atoms. The first-order chi connectivity index (χ1) is 12.8. The van der Waals surface area contributed by atoms with Crippen LogP contribution in [-0.4, -0.2) is 39.7 Å². The lowest BCUT2D eigenvalue weighted by Gasteiger charge is -2.24. The predicted molar refractivity (Wildman–Crippen MR) is 103 cm³/mol. The van der Waals surface area contributed by atoms with Gasteiger partial charge in [-0.15, -0.1) is 0 Å². The van der Waals surface area contributed by atoms with Gasteiger partial charge in [0.25, 0.3) is 0 Å². The van der Waals surface area contributed by atoms with Crippen LogP contribution in [0.5, 0.6) is 0 Å². The minimum atomic E-state index is 0.0827. The van der Waals surface area contributed by atoms with Crippen LogP contribution in [-0.2, 0) is 12.0 Å². The number of aromatic amines is 1. The maximum Gasteiger partial charge on any atom is 0.120 e. The van der Waals surface area contributed by atoms with Crippen LogP contribution >= 0.6 is 0 Å². The molecule has 3 aromatic rings. The van der Waals surface area contributed by atoms with Crippen molar-refractivity contribution >= 4 is 0 Å². The Hall–Kier alpha value is -2.43. The van der Waals surface area contributed by atoms with Crippen molar-refractivity contribution in [1.29, 1.82) is 0 Å². The van der Waals surface area contributed by atoms with Crippen molar-refractivity contribution in [2.24, 2.45) is 5.92 Å². The maximum absolute atomic E-state index is 9.49. The molecular weight excluding hydrogens is 322 g/mol. The van der Waals surface area contributed by atoms with Gasteiger partial charge in [-0.3, -0.25) is 4.90 Å². The minimum Gasteiger partial charge on any atom is -0.395 e. The Morgan fingerprint density at radius 2 is 1.69 bits per heavy atom. The van der Waals surface area contributed by atoms with E-state index in [4.69, 9.17) is 0 Å². The number of hydrogen-bond donors (Lipinski definition) is 2. The number of hydrogen-bond acceptors (Lipinski definition) is 3. The zero-order chi connectivity index (χ0) is 17.8. The highest BCUT2D eigenvalue weighted by Gasteiger charge is 2.56. The summed E-state index contributed by atoms with van der Waals surface area (Å²) in [5.41, 5.74) is 2.86. The van der Waals surface area contributed by atoms with E-state index in [-0.39, 0.29) is 12.0 Å². The summed E-state index contributed by atoms with van der Waals surface area (Å²) in [6.45, 7) is 2.52. The number of rotatable bonds is 8. The number of nitrogens with one attached hydrogen (secondary N) is 1. The van der Waals surface area contributed by atoms with Gasteiger partial charge >= 0.3 is 0 Å². The molecule has 1 heterocycles. The zero-order valence-corrected chi connectivity index (χ0v) is 14.9. The SMILES string of the molecule is OCCN(Cc1ncc[nH]1)CC1CC1(c1ccccc1)c1ccccc1. The third kappa shape index (κ3) is 3.30. The average molecular weight is 347 g/mol. The number of H-pyrrole nitrogens is 1. The second kappa shape index (κ2) is 7.44. The van der Waals surface area contributed by atoms with Crippen LogP contribution in [0.15, 0.2) is 73.1 Å². The lowest BCUT2D eigenvalue weighted by atomic mass is 9.85. The molecule has 1 saturated carbocycles. The van der Waals surface area contributed by atoms with E-state index in [1.807, 2.05) is 6.20 Å². The molecule has 2 N–H and O–H groups in total. The Bertz CT molecular complexity index is 762. The molecule has 1 aromatic heterocycles. The largest absolute Gasteiger partial charge is 0.395 e. The summed E-state index contributed by atoms with van der Waals surface area (Å²) in [7, 11) is 0. The minimum absolute atomic E-state index is 0.0827. The Kier molecular flexibility index (Phi) is 4.87. The molecule has 1 fully saturated rings. The van der Waals surface area contributed by atoms with E-state index in [9.17, 15) is 5.11 Å². The summed E-state index contributed by atoms with van der Waals surface area (Å²) >= 11 is 0.